The molecule has 1 N–H and O–H groups in total. The number of hydrogen-bond acceptors (Lipinski definition) is 2. The van der Waals surface area contributed by atoms with Crippen LogP contribution in [0.3, 0.4) is 0 Å². The quantitative estimate of drug-likeness (QED) is 0.430. The van der Waals surface area contributed by atoms with Crippen LogP contribution in [0, 0.1) is 13.8 Å². The van der Waals surface area contributed by atoms with E-state index in [1.165, 1.54) is 28.7 Å². The van der Waals surface area contributed by atoms with Crippen molar-refractivity contribution in [2.24, 2.45) is 0 Å². The van der Waals surface area contributed by atoms with Crippen LogP contribution < -0.4 is 4.74 Å². The summed E-state index contributed by atoms with van der Waals surface area (Å²) in [6.45, 7) is 12.8. The standard InChI is InChI=1S/C27H40O2/c1-19(2)10-7-11-20(3)12-8-13-21(4)14-9-15-24-16-17-25-23(6)27(28)22(5)18-26(25)29-24/h10,12,14,18,24,28H,7-9,11,13,15-17H2,1-6H3/b20-12+,21-14+. The van der Waals surface area contributed by atoms with Crippen molar-refractivity contribution >= 4 is 0 Å². The number of fused-ring (bicyclic) bond motifs is 1. The fourth-order valence-electron chi connectivity index (χ4n) is 3.99. The lowest BCUT2D eigenvalue weighted by Crippen LogP contribution is -2.23. The van der Waals surface area contributed by atoms with E-state index < -0.39 is 0 Å². The Balaban J connectivity index is 1.75. The molecule has 0 aliphatic carbocycles. The number of phenols is 1. The molecule has 0 aromatic heterocycles. The van der Waals surface area contributed by atoms with Gasteiger partial charge in [0.15, 0.2) is 0 Å². The highest BCUT2D eigenvalue weighted by atomic mass is 16.5. The van der Waals surface area contributed by atoms with Gasteiger partial charge in [0.25, 0.3) is 0 Å². The zero-order valence-corrected chi connectivity index (χ0v) is 19.4. The van der Waals surface area contributed by atoms with Crippen molar-refractivity contribution in [2.75, 3.05) is 0 Å². The van der Waals surface area contributed by atoms with Gasteiger partial charge in [-0.25, -0.2) is 0 Å². The normalized spacial score (nSPS) is 17.0. The van der Waals surface area contributed by atoms with Crippen LogP contribution in [0.15, 0.2) is 41.0 Å². The van der Waals surface area contributed by atoms with Gasteiger partial charge in [-0.15, -0.1) is 0 Å². The van der Waals surface area contributed by atoms with Crippen molar-refractivity contribution in [3.05, 3.63) is 57.7 Å². The summed E-state index contributed by atoms with van der Waals surface area (Å²) in [5.41, 5.74) is 7.46. The Kier molecular flexibility index (Phi) is 9.07. The van der Waals surface area contributed by atoms with E-state index in [0.29, 0.717) is 5.75 Å². The monoisotopic (exact) mass is 396 g/mol. The molecule has 0 saturated carbocycles. The predicted octanol–water partition coefficient (Wildman–Crippen LogP) is 7.90. The number of rotatable bonds is 9. The summed E-state index contributed by atoms with van der Waals surface area (Å²) in [5, 5.41) is 10.1. The first-order valence-corrected chi connectivity index (χ1v) is 11.2. The predicted molar refractivity (Wildman–Crippen MR) is 125 cm³/mol. The SMILES string of the molecule is CC(C)=CCC/C(C)=C/CC/C(C)=C/CCC1CCc2c(cc(C)c(O)c2C)O1. The first-order chi connectivity index (χ1) is 13.8. The number of allylic oxidation sites excluding steroid dienone is 6. The summed E-state index contributed by atoms with van der Waals surface area (Å²) in [5.74, 6) is 1.40. The zero-order valence-electron chi connectivity index (χ0n) is 19.4. The molecular weight excluding hydrogens is 356 g/mol. The molecular formula is C27H40O2. The van der Waals surface area contributed by atoms with Crippen LogP contribution in [0.25, 0.3) is 0 Å². The van der Waals surface area contributed by atoms with Gasteiger partial charge in [-0.05, 0) is 110 Å². The zero-order chi connectivity index (χ0) is 21.4. The van der Waals surface area contributed by atoms with Crippen LogP contribution in [0.1, 0.15) is 89.3 Å². The van der Waals surface area contributed by atoms with Crippen molar-refractivity contribution in [3.63, 3.8) is 0 Å². The van der Waals surface area contributed by atoms with E-state index in [0.717, 1.165) is 61.8 Å². The molecule has 1 unspecified atom stereocenters. The van der Waals surface area contributed by atoms with Crippen LogP contribution >= 0.6 is 0 Å². The van der Waals surface area contributed by atoms with Gasteiger partial charge in [-0.3, -0.25) is 0 Å². The average molecular weight is 397 g/mol. The molecule has 0 saturated heterocycles. The first kappa shape index (κ1) is 23.3. The van der Waals surface area contributed by atoms with E-state index in [1.807, 2.05) is 19.9 Å². The number of aromatic hydroxyl groups is 1. The van der Waals surface area contributed by atoms with E-state index >= 15 is 0 Å². The largest absolute Gasteiger partial charge is 0.507 e. The smallest absolute Gasteiger partial charge is 0.123 e. The van der Waals surface area contributed by atoms with Gasteiger partial charge in [0, 0.05) is 5.56 Å². The van der Waals surface area contributed by atoms with Crippen LogP contribution in [0.5, 0.6) is 11.5 Å². The molecule has 1 heterocycles. The van der Waals surface area contributed by atoms with Crippen LogP contribution in [0.2, 0.25) is 0 Å². The number of hydrogen-bond donors (Lipinski definition) is 1. The number of ether oxygens (including phenoxy) is 1. The Bertz CT molecular complexity index is 776. The van der Waals surface area contributed by atoms with Crippen molar-refractivity contribution in [1.29, 1.82) is 0 Å². The fourth-order valence-corrected chi connectivity index (χ4v) is 3.99. The lowest BCUT2D eigenvalue weighted by Gasteiger charge is -2.28. The van der Waals surface area contributed by atoms with E-state index in [1.54, 1.807) is 0 Å². The van der Waals surface area contributed by atoms with Crippen molar-refractivity contribution < 1.29 is 9.84 Å². The summed E-state index contributed by atoms with van der Waals surface area (Å²) in [7, 11) is 0. The molecule has 160 valence electrons. The third-order valence-electron chi connectivity index (χ3n) is 5.94. The highest BCUT2D eigenvalue weighted by Crippen LogP contribution is 2.37. The van der Waals surface area contributed by atoms with Gasteiger partial charge in [0.1, 0.15) is 11.5 Å². The molecule has 1 atom stereocenters. The molecule has 2 nitrogen and oxygen atoms in total. The highest BCUT2D eigenvalue weighted by Gasteiger charge is 2.22. The molecule has 2 heteroatoms. The summed E-state index contributed by atoms with van der Waals surface area (Å²) in [6, 6.07) is 2.00. The van der Waals surface area contributed by atoms with E-state index in [2.05, 4.69) is 45.9 Å². The van der Waals surface area contributed by atoms with Gasteiger partial charge >= 0.3 is 0 Å². The van der Waals surface area contributed by atoms with E-state index in [-0.39, 0.29) is 6.10 Å². The third kappa shape index (κ3) is 7.42. The van der Waals surface area contributed by atoms with E-state index in [9.17, 15) is 5.11 Å². The number of phenolic OH excluding ortho intramolecular Hbond substituents is 1. The number of aryl methyl sites for hydroxylation is 1. The lowest BCUT2D eigenvalue weighted by molar-refractivity contribution is 0.164. The average Bonchev–Trinajstić information content (AvgIpc) is 2.66. The molecule has 0 fully saturated rings. The molecule has 0 spiro atoms. The number of benzene rings is 1. The molecule has 1 aromatic carbocycles. The second kappa shape index (κ2) is 11.3. The molecule has 1 aliphatic rings. The maximum absolute atomic E-state index is 10.1. The maximum atomic E-state index is 10.1. The van der Waals surface area contributed by atoms with Gasteiger partial charge in [-0.2, -0.15) is 0 Å². The Labute approximate surface area is 178 Å². The molecule has 1 aromatic rings. The van der Waals surface area contributed by atoms with Crippen LogP contribution in [0.4, 0.5) is 0 Å². The first-order valence-electron chi connectivity index (χ1n) is 11.2. The fraction of sp³-hybridized carbons (Fsp3) is 0.556. The summed E-state index contributed by atoms with van der Waals surface area (Å²) >= 11 is 0. The van der Waals surface area contributed by atoms with Crippen molar-refractivity contribution in [3.8, 4) is 11.5 Å². The molecule has 0 radical (unpaired) electrons. The highest BCUT2D eigenvalue weighted by molar-refractivity contribution is 5.52. The lowest BCUT2D eigenvalue weighted by atomic mass is 9.93. The minimum atomic E-state index is 0.284. The maximum Gasteiger partial charge on any atom is 0.123 e. The van der Waals surface area contributed by atoms with Crippen molar-refractivity contribution in [2.45, 2.75) is 99.0 Å². The Morgan fingerprint density at radius 3 is 2.28 bits per heavy atom. The summed E-state index contributed by atoms with van der Waals surface area (Å²) in [4.78, 5) is 0. The summed E-state index contributed by atoms with van der Waals surface area (Å²) in [6.07, 6.45) is 16.2. The Hall–Kier alpha value is -1.96. The van der Waals surface area contributed by atoms with Crippen LogP contribution in [-0.4, -0.2) is 11.2 Å². The Morgan fingerprint density at radius 2 is 1.62 bits per heavy atom. The second-order valence-electron chi connectivity index (χ2n) is 8.96. The summed E-state index contributed by atoms with van der Waals surface area (Å²) < 4.78 is 6.24. The molecule has 2 rings (SSSR count). The third-order valence-corrected chi connectivity index (χ3v) is 5.94. The van der Waals surface area contributed by atoms with Crippen molar-refractivity contribution in [1.82, 2.24) is 0 Å². The van der Waals surface area contributed by atoms with Gasteiger partial charge in [-0.1, -0.05) is 34.9 Å². The van der Waals surface area contributed by atoms with Crippen LogP contribution in [-0.2, 0) is 6.42 Å². The minimum Gasteiger partial charge on any atom is -0.507 e. The topological polar surface area (TPSA) is 29.5 Å². The van der Waals surface area contributed by atoms with Gasteiger partial charge < -0.3 is 9.84 Å². The van der Waals surface area contributed by atoms with Gasteiger partial charge in [0.05, 0.1) is 6.10 Å². The Morgan fingerprint density at radius 1 is 1.00 bits per heavy atom. The van der Waals surface area contributed by atoms with E-state index in [4.69, 9.17) is 4.74 Å². The second-order valence-corrected chi connectivity index (χ2v) is 8.96. The molecule has 0 bridgehead atoms. The van der Waals surface area contributed by atoms with Gasteiger partial charge in [0.2, 0.25) is 0 Å². The minimum absolute atomic E-state index is 0.284. The molecule has 0 amide bonds. The molecule has 1 aliphatic heterocycles. The molecule has 29 heavy (non-hydrogen) atoms.